The molecule has 1 aromatic rings. The summed E-state index contributed by atoms with van der Waals surface area (Å²) in [5, 5.41) is 9.75. The standard InChI is InChI=1S/C12H15F2N3O5/c1-5(21-6(2)18)8-9(19)12(13,14)10(22-8)17-4-3-7(15)16-11(17)20/h3-5,8-10,19H,1-2H3,(H2,15,16,20)/t5?,8-,9-,10-/m1/s1. The van der Waals surface area contributed by atoms with E-state index in [1.807, 2.05) is 0 Å². The second kappa shape index (κ2) is 5.61. The molecular weight excluding hydrogens is 304 g/mol. The zero-order valence-electron chi connectivity index (χ0n) is 11.8. The molecule has 0 amide bonds. The second-order valence-corrected chi connectivity index (χ2v) is 4.93. The fourth-order valence-corrected chi connectivity index (χ4v) is 2.23. The molecule has 1 saturated heterocycles. The smallest absolute Gasteiger partial charge is 0.351 e. The van der Waals surface area contributed by atoms with E-state index < -0.39 is 42.1 Å². The summed E-state index contributed by atoms with van der Waals surface area (Å²) in [6, 6.07) is 1.15. The number of nitrogens with two attached hydrogens (primary N) is 1. The molecule has 10 heteroatoms. The predicted octanol–water partition coefficient (Wildman–Crippen LogP) is -0.329. The number of ether oxygens (including phenoxy) is 2. The van der Waals surface area contributed by atoms with Crippen molar-refractivity contribution in [3.05, 3.63) is 22.7 Å². The molecule has 0 saturated carbocycles. The number of alkyl halides is 2. The number of rotatable bonds is 3. The van der Waals surface area contributed by atoms with Crippen LogP contribution in [0.2, 0.25) is 0 Å². The van der Waals surface area contributed by atoms with Gasteiger partial charge in [0.05, 0.1) is 0 Å². The van der Waals surface area contributed by atoms with E-state index >= 15 is 0 Å². The number of nitrogen functional groups attached to an aromatic ring is 1. The van der Waals surface area contributed by atoms with E-state index in [1.165, 1.54) is 6.92 Å². The first-order valence-corrected chi connectivity index (χ1v) is 6.37. The van der Waals surface area contributed by atoms with Crippen LogP contribution in [-0.2, 0) is 14.3 Å². The lowest BCUT2D eigenvalue weighted by atomic mass is 10.1. The number of aliphatic hydroxyl groups is 1. The molecule has 1 fully saturated rings. The maximum Gasteiger partial charge on any atom is 0.351 e. The third-order valence-corrected chi connectivity index (χ3v) is 3.24. The van der Waals surface area contributed by atoms with Crippen LogP contribution < -0.4 is 11.4 Å². The molecule has 0 spiro atoms. The van der Waals surface area contributed by atoms with Crippen molar-refractivity contribution in [2.45, 2.75) is 44.3 Å². The Morgan fingerprint density at radius 1 is 1.64 bits per heavy atom. The fraction of sp³-hybridized carbons (Fsp3) is 0.583. The van der Waals surface area contributed by atoms with Gasteiger partial charge in [0.2, 0.25) is 6.23 Å². The normalized spacial score (nSPS) is 28.3. The van der Waals surface area contributed by atoms with Crippen LogP contribution in [0.5, 0.6) is 0 Å². The minimum Gasteiger partial charge on any atom is -0.460 e. The van der Waals surface area contributed by atoms with E-state index in [2.05, 4.69) is 4.98 Å². The van der Waals surface area contributed by atoms with Crippen LogP contribution in [0.1, 0.15) is 20.1 Å². The highest BCUT2D eigenvalue weighted by atomic mass is 19.3. The number of nitrogens with zero attached hydrogens (tertiary/aromatic N) is 2. The van der Waals surface area contributed by atoms with Gasteiger partial charge in [0.1, 0.15) is 18.0 Å². The highest BCUT2D eigenvalue weighted by Gasteiger charge is 2.61. The Balaban J connectivity index is 2.33. The first-order chi connectivity index (χ1) is 10.1. The van der Waals surface area contributed by atoms with Crippen molar-refractivity contribution >= 4 is 11.8 Å². The third kappa shape index (κ3) is 2.79. The van der Waals surface area contributed by atoms with Gasteiger partial charge in [-0.15, -0.1) is 0 Å². The van der Waals surface area contributed by atoms with Gasteiger partial charge in [-0.2, -0.15) is 13.8 Å². The predicted molar refractivity (Wildman–Crippen MR) is 69.0 cm³/mol. The Labute approximate surface area is 123 Å². The van der Waals surface area contributed by atoms with Crippen molar-refractivity contribution in [2.75, 3.05) is 5.73 Å². The number of hydrogen-bond acceptors (Lipinski definition) is 7. The minimum atomic E-state index is -3.78. The van der Waals surface area contributed by atoms with Gasteiger partial charge in [-0.05, 0) is 13.0 Å². The summed E-state index contributed by atoms with van der Waals surface area (Å²) in [6.45, 7) is 2.40. The second-order valence-electron chi connectivity index (χ2n) is 4.93. The average Bonchev–Trinajstić information content (AvgIpc) is 2.61. The number of carbonyl (C=O) groups is 1. The van der Waals surface area contributed by atoms with Crippen molar-refractivity contribution in [2.24, 2.45) is 0 Å². The van der Waals surface area contributed by atoms with Crippen LogP contribution in [0.3, 0.4) is 0 Å². The zero-order chi connectivity index (χ0) is 16.7. The summed E-state index contributed by atoms with van der Waals surface area (Å²) in [5.74, 6) is -4.62. The monoisotopic (exact) mass is 319 g/mol. The number of hydrogen-bond donors (Lipinski definition) is 2. The minimum absolute atomic E-state index is 0.132. The van der Waals surface area contributed by atoms with Crippen LogP contribution in [0.4, 0.5) is 14.6 Å². The number of esters is 1. The topological polar surface area (TPSA) is 117 Å². The van der Waals surface area contributed by atoms with Gasteiger partial charge < -0.3 is 20.3 Å². The fourth-order valence-electron chi connectivity index (χ4n) is 2.23. The summed E-state index contributed by atoms with van der Waals surface area (Å²) in [5.41, 5.74) is 4.25. The first-order valence-electron chi connectivity index (χ1n) is 6.37. The SMILES string of the molecule is CC(=O)OC(C)[C@H]1O[C@@H](n2ccc(N)nc2=O)C(F)(F)[C@@H]1O. The maximum absolute atomic E-state index is 14.2. The van der Waals surface area contributed by atoms with Crippen LogP contribution >= 0.6 is 0 Å². The molecule has 0 radical (unpaired) electrons. The lowest BCUT2D eigenvalue weighted by Gasteiger charge is -2.21. The third-order valence-electron chi connectivity index (χ3n) is 3.24. The Morgan fingerprint density at radius 2 is 2.27 bits per heavy atom. The molecule has 1 aliphatic heterocycles. The van der Waals surface area contributed by atoms with Gasteiger partial charge in [0.25, 0.3) is 0 Å². The van der Waals surface area contributed by atoms with Crippen LogP contribution in [0.15, 0.2) is 17.1 Å². The summed E-state index contributed by atoms with van der Waals surface area (Å²) >= 11 is 0. The van der Waals surface area contributed by atoms with Crippen molar-refractivity contribution in [3.63, 3.8) is 0 Å². The molecule has 0 bridgehead atoms. The first kappa shape index (κ1) is 16.3. The molecule has 0 aliphatic carbocycles. The molecule has 22 heavy (non-hydrogen) atoms. The lowest BCUT2D eigenvalue weighted by molar-refractivity contribution is -0.158. The number of anilines is 1. The summed E-state index contributed by atoms with van der Waals surface area (Å²) < 4.78 is 38.7. The van der Waals surface area contributed by atoms with Crippen molar-refractivity contribution < 1.29 is 28.2 Å². The summed E-state index contributed by atoms with van der Waals surface area (Å²) in [4.78, 5) is 25.9. The zero-order valence-corrected chi connectivity index (χ0v) is 11.8. The number of aromatic nitrogens is 2. The van der Waals surface area contributed by atoms with Crippen molar-refractivity contribution in [3.8, 4) is 0 Å². The Morgan fingerprint density at radius 3 is 2.82 bits per heavy atom. The van der Waals surface area contributed by atoms with E-state index in [1.54, 1.807) is 0 Å². The van der Waals surface area contributed by atoms with E-state index in [4.69, 9.17) is 15.2 Å². The van der Waals surface area contributed by atoms with Crippen LogP contribution in [-0.4, -0.2) is 44.9 Å². The number of carbonyl (C=O) groups excluding carboxylic acids is 1. The quantitative estimate of drug-likeness (QED) is 0.733. The summed E-state index contributed by atoms with van der Waals surface area (Å²) in [7, 11) is 0. The highest BCUT2D eigenvalue weighted by Crippen LogP contribution is 2.43. The molecule has 122 valence electrons. The number of halogens is 2. The van der Waals surface area contributed by atoms with Crippen LogP contribution in [0, 0.1) is 0 Å². The average molecular weight is 319 g/mol. The summed E-state index contributed by atoms with van der Waals surface area (Å²) in [6.07, 6.45) is -5.95. The largest absolute Gasteiger partial charge is 0.460 e. The lowest BCUT2D eigenvalue weighted by Crippen LogP contribution is -2.43. The van der Waals surface area contributed by atoms with E-state index in [-0.39, 0.29) is 5.82 Å². The highest BCUT2D eigenvalue weighted by molar-refractivity contribution is 5.66. The molecule has 8 nitrogen and oxygen atoms in total. The van der Waals surface area contributed by atoms with E-state index in [0.29, 0.717) is 4.57 Å². The number of aliphatic hydroxyl groups excluding tert-OH is 1. The Hall–Kier alpha value is -2.07. The Kier molecular flexibility index (Phi) is 4.16. The van der Waals surface area contributed by atoms with Crippen molar-refractivity contribution in [1.29, 1.82) is 0 Å². The molecule has 1 aromatic heterocycles. The molecule has 0 aromatic carbocycles. The maximum atomic E-state index is 14.2. The van der Waals surface area contributed by atoms with Gasteiger partial charge in [0, 0.05) is 13.1 Å². The van der Waals surface area contributed by atoms with E-state index in [0.717, 1.165) is 19.2 Å². The van der Waals surface area contributed by atoms with Gasteiger partial charge in [-0.1, -0.05) is 0 Å². The molecule has 1 aliphatic rings. The molecule has 3 N–H and O–H groups in total. The van der Waals surface area contributed by atoms with Crippen molar-refractivity contribution in [1.82, 2.24) is 9.55 Å². The van der Waals surface area contributed by atoms with E-state index in [9.17, 15) is 23.5 Å². The molecule has 2 rings (SSSR count). The van der Waals surface area contributed by atoms with Gasteiger partial charge >= 0.3 is 17.6 Å². The van der Waals surface area contributed by atoms with Gasteiger partial charge in [-0.3, -0.25) is 9.36 Å². The van der Waals surface area contributed by atoms with Gasteiger partial charge in [-0.25, -0.2) is 4.79 Å². The molecule has 4 atom stereocenters. The molecule has 2 heterocycles. The Bertz CT molecular complexity index is 635. The molecular formula is C12H15F2N3O5. The van der Waals surface area contributed by atoms with Crippen LogP contribution in [0.25, 0.3) is 0 Å². The van der Waals surface area contributed by atoms with Gasteiger partial charge in [0.15, 0.2) is 6.10 Å². The molecule has 1 unspecified atom stereocenters.